The lowest BCUT2D eigenvalue weighted by molar-refractivity contribution is -0.137. The number of carbonyl (C=O) groups excluding carboxylic acids is 3. The predicted molar refractivity (Wildman–Crippen MR) is 105 cm³/mol. The second-order valence-corrected chi connectivity index (χ2v) is 8.01. The maximum atomic E-state index is 12.6. The summed E-state index contributed by atoms with van der Waals surface area (Å²) in [7, 11) is 0. The minimum Gasteiger partial charge on any atom is -0.466 e. The lowest BCUT2D eigenvalue weighted by Crippen LogP contribution is -2.49. The van der Waals surface area contributed by atoms with E-state index in [1.807, 2.05) is 4.90 Å². The van der Waals surface area contributed by atoms with Crippen molar-refractivity contribution in [2.75, 3.05) is 19.6 Å². The molecular weight excluding hydrogens is 358 g/mol. The first-order valence-electron chi connectivity index (χ1n) is 10.4. The molecule has 0 bridgehead atoms. The van der Waals surface area contributed by atoms with Crippen molar-refractivity contribution in [1.29, 1.82) is 0 Å². The fourth-order valence-corrected chi connectivity index (χ4v) is 4.24. The van der Waals surface area contributed by atoms with Gasteiger partial charge in [-0.3, -0.25) is 14.4 Å². The quantitative estimate of drug-likeness (QED) is 0.808. The number of nitrogens with zero attached hydrogens (tertiary/aromatic N) is 1. The Kier molecular flexibility index (Phi) is 6.75. The number of amides is 3. The molecule has 0 aromatic carbocycles. The van der Waals surface area contributed by atoms with E-state index in [-0.39, 0.29) is 30.3 Å². The summed E-state index contributed by atoms with van der Waals surface area (Å²) in [6.07, 6.45) is 7.12. The van der Waals surface area contributed by atoms with Crippen molar-refractivity contribution in [2.45, 2.75) is 64.8 Å². The summed E-state index contributed by atoms with van der Waals surface area (Å²) in [6, 6.07) is 1.72. The molecule has 3 amide bonds. The summed E-state index contributed by atoms with van der Waals surface area (Å²) in [6.45, 7) is 4.83. The van der Waals surface area contributed by atoms with Crippen molar-refractivity contribution in [3.05, 3.63) is 23.2 Å². The molecule has 2 fully saturated rings. The van der Waals surface area contributed by atoms with Crippen LogP contribution in [-0.2, 0) is 9.59 Å². The fraction of sp³-hybridized carbons (Fsp3) is 0.667. The number of rotatable bonds is 5. The Morgan fingerprint density at radius 1 is 1.07 bits per heavy atom. The van der Waals surface area contributed by atoms with Gasteiger partial charge in [-0.15, -0.1) is 0 Å². The van der Waals surface area contributed by atoms with Crippen molar-refractivity contribution < 1.29 is 18.8 Å². The van der Waals surface area contributed by atoms with Crippen molar-refractivity contribution >= 4 is 17.7 Å². The molecule has 2 heterocycles. The second-order valence-electron chi connectivity index (χ2n) is 8.01. The van der Waals surface area contributed by atoms with Crippen molar-refractivity contribution in [1.82, 2.24) is 15.5 Å². The van der Waals surface area contributed by atoms with Gasteiger partial charge in [0.2, 0.25) is 11.8 Å². The maximum absolute atomic E-state index is 12.6. The summed E-state index contributed by atoms with van der Waals surface area (Å²) >= 11 is 0. The van der Waals surface area contributed by atoms with Crippen LogP contribution in [0.5, 0.6) is 0 Å². The van der Waals surface area contributed by atoms with E-state index >= 15 is 0 Å². The zero-order chi connectivity index (χ0) is 20.1. The van der Waals surface area contributed by atoms with Crippen LogP contribution in [0, 0.1) is 19.8 Å². The first kappa shape index (κ1) is 20.4. The molecule has 7 heteroatoms. The van der Waals surface area contributed by atoms with Crippen LogP contribution in [0.15, 0.2) is 10.5 Å². The van der Waals surface area contributed by atoms with Crippen molar-refractivity contribution in [2.24, 2.45) is 5.92 Å². The molecule has 0 unspecified atom stereocenters. The second kappa shape index (κ2) is 9.26. The highest BCUT2D eigenvalue weighted by atomic mass is 16.3. The Bertz CT molecular complexity index is 713. The van der Waals surface area contributed by atoms with Crippen LogP contribution in [0.25, 0.3) is 0 Å². The number of nitrogens with one attached hydrogen (secondary N) is 2. The van der Waals surface area contributed by atoms with Gasteiger partial charge in [0, 0.05) is 25.0 Å². The molecule has 0 atom stereocenters. The Labute approximate surface area is 166 Å². The highest BCUT2D eigenvalue weighted by Gasteiger charge is 2.29. The van der Waals surface area contributed by atoms with Gasteiger partial charge in [0.1, 0.15) is 11.5 Å². The summed E-state index contributed by atoms with van der Waals surface area (Å²) < 4.78 is 5.34. The molecule has 1 saturated carbocycles. The molecule has 0 radical (unpaired) electrons. The lowest BCUT2D eigenvalue weighted by atomic mass is 9.87. The van der Waals surface area contributed by atoms with E-state index in [1.165, 1.54) is 6.42 Å². The minimum atomic E-state index is -0.308. The van der Waals surface area contributed by atoms with Crippen LogP contribution >= 0.6 is 0 Å². The van der Waals surface area contributed by atoms with E-state index < -0.39 is 0 Å². The molecule has 0 spiro atoms. The molecule has 28 heavy (non-hydrogen) atoms. The molecule has 1 aliphatic carbocycles. The average Bonchev–Trinajstić information content (AvgIpc) is 3.05. The highest BCUT2D eigenvalue weighted by molar-refractivity contribution is 5.97. The van der Waals surface area contributed by atoms with Crippen LogP contribution in [0.4, 0.5) is 0 Å². The molecule has 2 N–H and O–H groups in total. The van der Waals surface area contributed by atoms with E-state index in [9.17, 15) is 14.4 Å². The van der Waals surface area contributed by atoms with Crippen LogP contribution in [0.2, 0.25) is 0 Å². The van der Waals surface area contributed by atoms with E-state index in [4.69, 9.17) is 4.42 Å². The number of likely N-dealkylation sites (tertiary alicyclic amines) is 1. The third kappa shape index (κ3) is 5.14. The maximum Gasteiger partial charge on any atom is 0.255 e. The lowest BCUT2D eigenvalue weighted by Gasteiger charge is -2.35. The zero-order valence-electron chi connectivity index (χ0n) is 16.9. The van der Waals surface area contributed by atoms with E-state index in [1.54, 1.807) is 19.9 Å². The van der Waals surface area contributed by atoms with Gasteiger partial charge in [-0.05, 0) is 45.6 Å². The van der Waals surface area contributed by atoms with Crippen LogP contribution < -0.4 is 10.6 Å². The molecule has 154 valence electrons. The van der Waals surface area contributed by atoms with Gasteiger partial charge in [0.25, 0.3) is 5.91 Å². The largest absolute Gasteiger partial charge is 0.466 e. The third-order valence-electron chi connectivity index (χ3n) is 5.82. The van der Waals surface area contributed by atoms with Gasteiger partial charge < -0.3 is 20.0 Å². The summed E-state index contributed by atoms with van der Waals surface area (Å²) in [5.41, 5.74) is 0.458. The standard InChI is InChI=1S/C21H31N3O4/c1-14-12-18(15(2)28-14)20(26)22-13-19(25)23-17-8-10-24(11-9-17)21(27)16-6-4-3-5-7-16/h12,16-17H,3-11,13H2,1-2H3,(H,22,26)(H,23,25). The van der Waals surface area contributed by atoms with Gasteiger partial charge >= 0.3 is 0 Å². The van der Waals surface area contributed by atoms with Gasteiger partial charge in [-0.1, -0.05) is 19.3 Å². The monoisotopic (exact) mass is 389 g/mol. The number of carbonyl (C=O) groups is 3. The van der Waals surface area contributed by atoms with E-state index in [0.29, 0.717) is 36.1 Å². The Hall–Kier alpha value is -2.31. The van der Waals surface area contributed by atoms with Crippen LogP contribution in [-0.4, -0.2) is 48.3 Å². The first-order chi connectivity index (χ1) is 13.4. The van der Waals surface area contributed by atoms with Gasteiger partial charge in [-0.2, -0.15) is 0 Å². The molecular formula is C21H31N3O4. The normalized spacial score (nSPS) is 18.7. The molecule has 1 aromatic rings. The summed E-state index contributed by atoms with van der Waals surface area (Å²) in [5.74, 6) is 1.19. The van der Waals surface area contributed by atoms with Crippen molar-refractivity contribution in [3.8, 4) is 0 Å². The Balaban J connectivity index is 1.38. The molecule has 3 rings (SSSR count). The molecule has 7 nitrogen and oxygen atoms in total. The number of hydrogen-bond donors (Lipinski definition) is 2. The average molecular weight is 389 g/mol. The van der Waals surface area contributed by atoms with Gasteiger partial charge in [0.05, 0.1) is 12.1 Å². The smallest absolute Gasteiger partial charge is 0.255 e. The molecule has 1 saturated heterocycles. The number of aryl methyl sites for hydroxylation is 2. The predicted octanol–water partition coefficient (Wildman–Crippen LogP) is 2.31. The van der Waals surface area contributed by atoms with Crippen molar-refractivity contribution in [3.63, 3.8) is 0 Å². The Morgan fingerprint density at radius 2 is 1.75 bits per heavy atom. The summed E-state index contributed by atoms with van der Waals surface area (Å²) in [4.78, 5) is 38.9. The number of furan rings is 1. The van der Waals surface area contributed by atoms with Gasteiger partial charge in [-0.25, -0.2) is 0 Å². The van der Waals surface area contributed by atoms with Crippen LogP contribution in [0.1, 0.15) is 66.8 Å². The minimum absolute atomic E-state index is 0.0534. The third-order valence-corrected chi connectivity index (χ3v) is 5.82. The molecule has 1 aromatic heterocycles. The van der Waals surface area contributed by atoms with Crippen LogP contribution in [0.3, 0.4) is 0 Å². The SMILES string of the molecule is Cc1cc(C(=O)NCC(=O)NC2CCN(C(=O)C3CCCCC3)CC2)c(C)o1. The van der Waals surface area contributed by atoms with Gasteiger partial charge in [0.15, 0.2) is 0 Å². The van der Waals surface area contributed by atoms with E-state index in [2.05, 4.69) is 10.6 Å². The molecule has 1 aliphatic heterocycles. The topological polar surface area (TPSA) is 91.7 Å². The number of piperidine rings is 1. The zero-order valence-corrected chi connectivity index (χ0v) is 16.9. The number of hydrogen-bond acceptors (Lipinski definition) is 4. The fourth-order valence-electron chi connectivity index (χ4n) is 4.24. The van der Waals surface area contributed by atoms with E-state index in [0.717, 1.165) is 38.5 Å². The first-order valence-corrected chi connectivity index (χ1v) is 10.4. The molecule has 2 aliphatic rings. The highest BCUT2D eigenvalue weighted by Crippen LogP contribution is 2.26. The summed E-state index contributed by atoms with van der Waals surface area (Å²) in [5, 5.41) is 5.61. The Morgan fingerprint density at radius 3 is 2.36 bits per heavy atom.